The molecule has 1 heterocycles. The van der Waals surface area contributed by atoms with E-state index in [2.05, 4.69) is 151 Å². The van der Waals surface area contributed by atoms with Crippen molar-refractivity contribution < 1.29 is 0 Å². The van der Waals surface area contributed by atoms with Crippen LogP contribution in [0.5, 0.6) is 0 Å². The number of pyridine rings is 1. The van der Waals surface area contributed by atoms with Gasteiger partial charge in [-0.05, 0) is 122 Å². The predicted octanol–water partition coefficient (Wildman–Crippen LogP) is 16.4. The van der Waals surface area contributed by atoms with Gasteiger partial charge in [0.25, 0.3) is 0 Å². The lowest BCUT2D eigenvalue weighted by atomic mass is 9.91. The Morgan fingerprint density at radius 3 is 1.72 bits per heavy atom. The first-order valence-electron chi connectivity index (χ1n) is 20.9. The number of nitrogens with zero attached hydrogens (tertiary/aromatic N) is 2. The second-order valence-electron chi connectivity index (χ2n) is 14.2. The summed E-state index contributed by atoms with van der Waals surface area (Å²) in [6.45, 7) is 14.1. The Morgan fingerprint density at radius 1 is 0.557 bits per heavy atom. The Labute approximate surface area is 367 Å². The van der Waals surface area contributed by atoms with Crippen molar-refractivity contribution in [1.82, 2.24) is 4.98 Å². The van der Waals surface area contributed by atoms with Gasteiger partial charge in [0.15, 0.2) is 0 Å². The van der Waals surface area contributed by atoms with Gasteiger partial charge < -0.3 is 0 Å². The quantitative estimate of drug-likeness (QED) is 0.0584. The van der Waals surface area contributed by atoms with Crippen LogP contribution in [0, 0.1) is 0 Å². The fourth-order valence-corrected chi connectivity index (χ4v) is 7.16. The number of rotatable bonds is 10. The van der Waals surface area contributed by atoms with E-state index in [1.807, 2.05) is 113 Å². The van der Waals surface area contributed by atoms with Crippen LogP contribution in [0.15, 0.2) is 230 Å². The van der Waals surface area contributed by atoms with Gasteiger partial charge in [-0.2, -0.15) is 9.90 Å². The molecule has 1 aromatic heterocycles. The van der Waals surface area contributed by atoms with Crippen molar-refractivity contribution in [3.05, 3.63) is 236 Å². The van der Waals surface area contributed by atoms with Crippen LogP contribution in [0.2, 0.25) is 0 Å². The lowest BCUT2D eigenvalue weighted by Crippen LogP contribution is -1.93. The summed E-state index contributed by atoms with van der Waals surface area (Å²) in [5.74, 6) is 0. The Morgan fingerprint density at radius 2 is 1.11 bits per heavy atom. The van der Waals surface area contributed by atoms with Gasteiger partial charge in [-0.15, -0.1) is 0 Å². The Bertz CT molecular complexity index is 2760. The summed E-state index contributed by atoms with van der Waals surface area (Å²) in [6.07, 6.45) is 16.4. The zero-order valence-electron chi connectivity index (χ0n) is 36.2. The van der Waals surface area contributed by atoms with Crippen LogP contribution in [0.25, 0.3) is 66.1 Å². The third kappa shape index (κ3) is 11.9. The van der Waals surface area contributed by atoms with E-state index in [9.17, 15) is 0 Å². The zero-order valence-corrected chi connectivity index (χ0v) is 37.6. The highest BCUT2D eigenvalue weighted by Crippen LogP contribution is 2.36. The first-order chi connectivity index (χ1) is 29.5. The second kappa shape index (κ2) is 23.2. The average molecular weight is 813 g/mol. The van der Waals surface area contributed by atoms with Crippen molar-refractivity contribution in [2.75, 3.05) is 0 Å². The highest BCUT2D eigenvalue weighted by atomic mass is 31.0. The highest BCUT2D eigenvalue weighted by molar-refractivity contribution is 6.92. The van der Waals surface area contributed by atoms with E-state index in [4.69, 9.17) is 0 Å². The molecule has 61 heavy (non-hydrogen) atoms. The van der Waals surface area contributed by atoms with Crippen molar-refractivity contribution in [2.45, 2.75) is 41.0 Å². The third-order valence-corrected chi connectivity index (χ3v) is 10.2. The van der Waals surface area contributed by atoms with Crippen LogP contribution in [0.4, 0.5) is 0 Å². The van der Waals surface area contributed by atoms with Gasteiger partial charge in [0.05, 0.1) is 5.70 Å². The van der Waals surface area contributed by atoms with E-state index in [0.717, 1.165) is 29.0 Å². The number of fused-ring (bicyclic) bond motifs is 3. The molecule has 0 radical (unpaired) electrons. The maximum absolute atomic E-state index is 4.45. The molecule has 0 amide bonds. The molecule has 0 spiro atoms. The van der Waals surface area contributed by atoms with Gasteiger partial charge in [-0.25, -0.2) is 0 Å². The van der Waals surface area contributed by atoms with Crippen LogP contribution in [-0.2, 0) is 6.42 Å². The molecule has 0 saturated carbocycles. The van der Waals surface area contributed by atoms with Crippen LogP contribution >= 0.6 is 9.90 Å². The monoisotopic (exact) mass is 812 g/mol. The molecule has 0 aliphatic heterocycles. The minimum absolute atomic E-state index is 0. The molecule has 304 valence electrons. The van der Waals surface area contributed by atoms with Gasteiger partial charge in [0, 0.05) is 18.1 Å². The maximum Gasteiger partial charge on any atom is 0.0561 e. The zero-order chi connectivity index (χ0) is 42.1. The number of aryl methyl sites for hydroxylation is 1. The smallest absolute Gasteiger partial charge is 0.0561 e. The maximum atomic E-state index is 4.45. The van der Waals surface area contributed by atoms with Gasteiger partial charge >= 0.3 is 0 Å². The Hall–Kier alpha value is -6.73. The minimum atomic E-state index is 0. The number of allylic oxidation sites excluding steroid dienone is 6. The van der Waals surface area contributed by atoms with Crippen LogP contribution in [0.1, 0.15) is 45.7 Å². The molecule has 0 aliphatic rings. The van der Waals surface area contributed by atoms with Gasteiger partial charge in [0.1, 0.15) is 0 Å². The van der Waals surface area contributed by atoms with E-state index >= 15 is 0 Å². The van der Waals surface area contributed by atoms with Crippen molar-refractivity contribution >= 4 is 37.2 Å². The summed E-state index contributed by atoms with van der Waals surface area (Å²) in [6, 6.07) is 58.8. The van der Waals surface area contributed by atoms with E-state index in [0.29, 0.717) is 0 Å². The molecule has 0 saturated heterocycles. The van der Waals surface area contributed by atoms with Gasteiger partial charge in [0.2, 0.25) is 0 Å². The third-order valence-electron chi connectivity index (χ3n) is 10.2. The molecule has 7 aromatic carbocycles. The van der Waals surface area contributed by atoms with E-state index in [1.165, 1.54) is 66.1 Å². The number of benzene rings is 7. The molecular formula is C58H57N2P. The fraction of sp³-hybridized carbons (Fsp3) is 0.103. The molecule has 0 bridgehead atoms. The van der Waals surface area contributed by atoms with Crippen LogP contribution < -0.4 is 0 Å². The molecule has 2 nitrogen and oxygen atoms in total. The first kappa shape index (κ1) is 45.4. The predicted molar refractivity (Wildman–Crippen MR) is 274 cm³/mol. The summed E-state index contributed by atoms with van der Waals surface area (Å²) in [5, 5.41) is 5.17. The molecular weight excluding hydrogens is 756 g/mol. The van der Waals surface area contributed by atoms with Crippen molar-refractivity contribution in [3.8, 4) is 44.5 Å². The van der Waals surface area contributed by atoms with Crippen LogP contribution in [0.3, 0.4) is 0 Å². The largest absolute Gasteiger partial charge is 0.264 e. The summed E-state index contributed by atoms with van der Waals surface area (Å²) in [4.78, 5) is 8.71. The summed E-state index contributed by atoms with van der Waals surface area (Å²) in [7, 11) is 0. The molecule has 1 atom stereocenters. The number of hydrogen-bond acceptors (Lipinski definition) is 2. The normalized spacial score (nSPS) is 11.3. The molecule has 0 aliphatic carbocycles. The summed E-state index contributed by atoms with van der Waals surface area (Å²) < 4.78 is 0. The first-order valence-corrected chi connectivity index (χ1v) is 20.9. The van der Waals surface area contributed by atoms with Crippen molar-refractivity contribution in [2.24, 2.45) is 4.99 Å². The number of aliphatic imine (C=N–C) groups is 1. The lowest BCUT2D eigenvalue weighted by molar-refractivity contribution is 1.14. The van der Waals surface area contributed by atoms with Gasteiger partial charge in [-0.1, -0.05) is 203 Å². The molecule has 8 aromatic rings. The molecule has 3 heteroatoms. The summed E-state index contributed by atoms with van der Waals surface area (Å²) >= 11 is 0. The van der Waals surface area contributed by atoms with Gasteiger partial charge in [-0.3, -0.25) is 9.98 Å². The SMILES string of the molecule is C=C(/C=C/C=C\C=C/C)N=C(C)c1ccccc1.CC.CCc1cc(-c2ccc(-c3cccnc3)cc2)cc(-c2ccc(-c3cc4ccccc4c4ccccc34)cc2)c1.P. The fourth-order valence-electron chi connectivity index (χ4n) is 7.16. The molecule has 1 unspecified atom stereocenters. The molecule has 0 N–H and O–H groups in total. The molecule has 0 fully saturated rings. The minimum Gasteiger partial charge on any atom is -0.264 e. The standard InChI is InChI=1S/C39H29N.C17H19N.C2H6.H3P/c1-2-27-22-34(29-15-13-28(14-16-29)33-9-7-21-40-26-33)24-35(23-27)30-17-19-31(20-18-30)39-25-32-8-3-4-10-36(32)37-11-5-6-12-38(37)39;1-4-5-6-7-9-12-15(2)18-16(3)17-13-10-8-11-14-17;1-2;/h3-26H,2H2,1H3;4-14H,2H2,1,3H3;1-2H3;1H3/b;5-4-,7-6-,12-9+,18-16?;;. The lowest BCUT2D eigenvalue weighted by Gasteiger charge is -2.13. The van der Waals surface area contributed by atoms with E-state index < -0.39 is 0 Å². The topological polar surface area (TPSA) is 25.2 Å². The van der Waals surface area contributed by atoms with Crippen molar-refractivity contribution in [1.29, 1.82) is 0 Å². The number of aromatic nitrogens is 1. The summed E-state index contributed by atoms with van der Waals surface area (Å²) in [5.41, 5.74) is 14.0. The second-order valence-corrected chi connectivity index (χ2v) is 14.2. The molecule has 8 rings (SSSR count). The van der Waals surface area contributed by atoms with Crippen LogP contribution in [-0.4, -0.2) is 10.7 Å². The van der Waals surface area contributed by atoms with E-state index in [-0.39, 0.29) is 9.90 Å². The Balaban J connectivity index is 0.000000284. The van der Waals surface area contributed by atoms with E-state index in [1.54, 1.807) is 0 Å². The highest BCUT2D eigenvalue weighted by Gasteiger charge is 2.10. The average Bonchev–Trinajstić information content (AvgIpc) is 3.32. The Kier molecular flexibility index (Phi) is 17.2. The van der Waals surface area contributed by atoms with Crippen molar-refractivity contribution in [3.63, 3.8) is 0 Å². The number of hydrogen-bond donors (Lipinski definition) is 0.